The van der Waals surface area contributed by atoms with Crippen LogP contribution in [0.5, 0.6) is 5.75 Å². The van der Waals surface area contributed by atoms with Gasteiger partial charge in [0.15, 0.2) is 6.61 Å². The lowest BCUT2D eigenvalue weighted by Gasteiger charge is -2.05. The summed E-state index contributed by atoms with van der Waals surface area (Å²) in [5.41, 5.74) is 4.90. The van der Waals surface area contributed by atoms with Crippen LogP contribution in [0.3, 0.4) is 0 Å². The summed E-state index contributed by atoms with van der Waals surface area (Å²) in [6, 6.07) is 14.2. The maximum absolute atomic E-state index is 11.9. The third kappa shape index (κ3) is 8.25. The molecule has 2 N–H and O–H groups in total. The van der Waals surface area contributed by atoms with Crippen LogP contribution in [-0.2, 0) is 19.1 Å². The zero-order valence-electron chi connectivity index (χ0n) is 16.3. The molecule has 0 spiro atoms. The number of ether oxygens (including phenoxy) is 2. The van der Waals surface area contributed by atoms with Crippen LogP contribution in [0.2, 0.25) is 0 Å². The summed E-state index contributed by atoms with van der Waals surface area (Å²) < 4.78 is 9.72. The highest BCUT2D eigenvalue weighted by Crippen LogP contribution is 2.11. The summed E-state index contributed by atoms with van der Waals surface area (Å²) in [5, 5.41) is 6.59. The standard InChI is InChI=1S/C21H23N3O5/c1-15-3-7-17(8-4-15)23-19(25)11-12-20(26)24-22-13-16-5-9-18(10-6-16)29-14-21(27)28-2/h3-10,13H,11-12,14H2,1-2H3,(H,23,25)(H,24,26). The molecule has 2 rings (SSSR count). The first-order valence-electron chi connectivity index (χ1n) is 8.94. The van der Waals surface area contributed by atoms with E-state index in [2.05, 4.69) is 20.6 Å². The van der Waals surface area contributed by atoms with Crippen LogP contribution >= 0.6 is 0 Å². The predicted octanol–water partition coefficient (Wildman–Crippen LogP) is 2.42. The number of hydrogen-bond acceptors (Lipinski definition) is 6. The van der Waals surface area contributed by atoms with Gasteiger partial charge in [0.25, 0.3) is 0 Å². The van der Waals surface area contributed by atoms with Gasteiger partial charge < -0.3 is 14.8 Å². The van der Waals surface area contributed by atoms with E-state index < -0.39 is 5.97 Å². The highest BCUT2D eigenvalue weighted by Gasteiger charge is 2.07. The van der Waals surface area contributed by atoms with E-state index in [9.17, 15) is 14.4 Å². The normalized spacial score (nSPS) is 10.4. The molecule has 2 aromatic rings. The molecular weight excluding hydrogens is 374 g/mol. The first-order valence-corrected chi connectivity index (χ1v) is 8.94. The molecule has 0 saturated heterocycles. The maximum Gasteiger partial charge on any atom is 0.343 e. The third-order valence-electron chi connectivity index (χ3n) is 3.78. The molecule has 8 heteroatoms. The monoisotopic (exact) mass is 397 g/mol. The van der Waals surface area contributed by atoms with Gasteiger partial charge in [-0.2, -0.15) is 5.10 Å². The van der Waals surface area contributed by atoms with Crippen LogP contribution in [-0.4, -0.2) is 37.7 Å². The Hall–Kier alpha value is -3.68. The number of carbonyl (C=O) groups is 3. The predicted molar refractivity (Wildman–Crippen MR) is 109 cm³/mol. The average molecular weight is 397 g/mol. The van der Waals surface area contributed by atoms with Crippen LogP contribution in [0.4, 0.5) is 5.69 Å². The molecule has 0 radical (unpaired) electrons. The van der Waals surface area contributed by atoms with Gasteiger partial charge in [0.05, 0.1) is 13.3 Å². The molecule has 2 amide bonds. The number of hydrazone groups is 1. The van der Waals surface area contributed by atoms with Crippen molar-refractivity contribution in [2.24, 2.45) is 5.10 Å². The number of hydrogen-bond donors (Lipinski definition) is 2. The number of nitrogens with zero attached hydrogens (tertiary/aromatic N) is 1. The molecule has 29 heavy (non-hydrogen) atoms. The first kappa shape index (κ1) is 21.6. The van der Waals surface area contributed by atoms with Crippen molar-refractivity contribution in [3.8, 4) is 5.75 Å². The molecule has 0 aliphatic rings. The van der Waals surface area contributed by atoms with Crippen LogP contribution in [0.1, 0.15) is 24.0 Å². The number of nitrogens with one attached hydrogen (secondary N) is 2. The second kappa shape index (κ2) is 11.2. The Morgan fingerprint density at radius 2 is 1.62 bits per heavy atom. The van der Waals surface area contributed by atoms with Gasteiger partial charge in [-0.15, -0.1) is 0 Å². The van der Waals surface area contributed by atoms with Gasteiger partial charge >= 0.3 is 5.97 Å². The van der Waals surface area contributed by atoms with Gasteiger partial charge in [-0.1, -0.05) is 17.7 Å². The number of anilines is 1. The van der Waals surface area contributed by atoms with Crippen molar-refractivity contribution in [2.75, 3.05) is 19.0 Å². The van der Waals surface area contributed by atoms with E-state index in [1.165, 1.54) is 13.3 Å². The van der Waals surface area contributed by atoms with E-state index in [0.717, 1.165) is 11.1 Å². The lowest BCUT2D eigenvalue weighted by atomic mass is 10.2. The smallest absolute Gasteiger partial charge is 0.343 e. The van der Waals surface area contributed by atoms with E-state index >= 15 is 0 Å². The molecule has 0 heterocycles. The first-order chi connectivity index (χ1) is 14.0. The lowest BCUT2D eigenvalue weighted by molar-refractivity contribution is -0.142. The van der Waals surface area contributed by atoms with E-state index in [4.69, 9.17) is 4.74 Å². The molecule has 0 aliphatic carbocycles. The molecule has 152 valence electrons. The minimum absolute atomic E-state index is 0.0232. The van der Waals surface area contributed by atoms with Crippen molar-refractivity contribution in [2.45, 2.75) is 19.8 Å². The van der Waals surface area contributed by atoms with Crippen molar-refractivity contribution in [1.29, 1.82) is 0 Å². The fraction of sp³-hybridized carbons (Fsp3) is 0.238. The number of aryl methyl sites for hydroxylation is 1. The van der Waals surface area contributed by atoms with Crippen LogP contribution in [0.15, 0.2) is 53.6 Å². The lowest BCUT2D eigenvalue weighted by Crippen LogP contribution is -2.20. The zero-order chi connectivity index (χ0) is 21.1. The second-order valence-corrected chi connectivity index (χ2v) is 6.14. The van der Waals surface area contributed by atoms with Crippen molar-refractivity contribution >= 4 is 29.7 Å². The maximum atomic E-state index is 11.9. The van der Waals surface area contributed by atoms with Crippen molar-refractivity contribution in [1.82, 2.24) is 5.43 Å². The quantitative estimate of drug-likeness (QED) is 0.384. The van der Waals surface area contributed by atoms with Crippen LogP contribution < -0.4 is 15.5 Å². The third-order valence-corrected chi connectivity index (χ3v) is 3.78. The van der Waals surface area contributed by atoms with E-state index in [1.54, 1.807) is 24.3 Å². The van der Waals surface area contributed by atoms with Crippen molar-refractivity contribution in [3.05, 3.63) is 59.7 Å². The molecule has 0 saturated carbocycles. The molecule has 0 bridgehead atoms. The highest BCUT2D eigenvalue weighted by atomic mass is 16.6. The molecule has 0 aromatic heterocycles. The van der Waals surface area contributed by atoms with Crippen LogP contribution in [0, 0.1) is 6.92 Å². The Kier molecular flexibility index (Phi) is 8.37. The summed E-state index contributed by atoms with van der Waals surface area (Å²) in [6.45, 7) is 1.79. The highest BCUT2D eigenvalue weighted by molar-refractivity contribution is 5.93. The molecule has 0 fully saturated rings. The van der Waals surface area contributed by atoms with E-state index in [0.29, 0.717) is 11.4 Å². The van der Waals surface area contributed by atoms with Gasteiger partial charge in [-0.25, -0.2) is 10.2 Å². The molecule has 2 aromatic carbocycles. The summed E-state index contributed by atoms with van der Waals surface area (Å²) in [5.74, 6) is -0.559. The van der Waals surface area contributed by atoms with E-state index in [1.807, 2.05) is 31.2 Å². The minimum atomic E-state index is -0.467. The topological polar surface area (TPSA) is 106 Å². The fourth-order valence-corrected chi connectivity index (χ4v) is 2.17. The second-order valence-electron chi connectivity index (χ2n) is 6.14. The number of carbonyl (C=O) groups excluding carboxylic acids is 3. The van der Waals surface area contributed by atoms with Gasteiger partial charge in [-0.3, -0.25) is 9.59 Å². The Morgan fingerprint density at radius 3 is 2.28 bits per heavy atom. The molecular formula is C21H23N3O5. The zero-order valence-corrected chi connectivity index (χ0v) is 16.3. The number of benzene rings is 2. The Balaban J connectivity index is 1.69. The van der Waals surface area contributed by atoms with E-state index in [-0.39, 0.29) is 31.3 Å². The minimum Gasteiger partial charge on any atom is -0.482 e. The summed E-state index contributed by atoms with van der Waals surface area (Å²) in [6.07, 6.45) is 1.55. The van der Waals surface area contributed by atoms with Gasteiger partial charge in [0.1, 0.15) is 5.75 Å². The Bertz CT molecular complexity index is 861. The molecule has 0 atom stereocenters. The number of esters is 1. The fourth-order valence-electron chi connectivity index (χ4n) is 2.17. The summed E-state index contributed by atoms with van der Waals surface area (Å²) in [4.78, 5) is 34.7. The SMILES string of the molecule is COC(=O)COc1ccc(C=NNC(=O)CCC(=O)Nc2ccc(C)cc2)cc1. The number of rotatable bonds is 9. The van der Waals surface area contributed by atoms with Crippen molar-refractivity contribution in [3.63, 3.8) is 0 Å². The summed E-state index contributed by atoms with van der Waals surface area (Å²) in [7, 11) is 1.29. The van der Waals surface area contributed by atoms with Gasteiger partial charge in [0.2, 0.25) is 11.8 Å². The largest absolute Gasteiger partial charge is 0.482 e. The molecule has 0 unspecified atom stereocenters. The van der Waals surface area contributed by atoms with Gasteiger partial charge in [-0.05, 0) is 48.9 Å². The Morgan fingerprint density at radius 1 is 0.966 bits per heavy atom. The molecule has 0 aliphatic heterocycles. The number of amides is 2. The number of methoxy groups -OCH3 is 1. The van der Waals surface area contributed by atoms with Crippen LogP contribution in [0.25, 0.3) is 0 Å². The molecule has 8 nitrogen and oxygen atoms in total. The average Bonchev–Trinajstić information content (AvgIpc) is 2.73. The Labute approximate surface area is 168 Å². The van der Waals surface area contributed by atoms with Crippen molar-refractivity contribution < 1.29 is 23.9 Å². The van der Waals surface area contributed by atoms with Gasteiger partial charge in [0, 0.05) is 18.5 Å². The summed E-state index contributed by atoms with van der Waals surface area (Å²) >= 11 is 0.